The van der Waals surface area contributed by atoms with Crippen LogP contribution in [0.2, 0.25) is 0 Å². The summed E-state index contributed by atoms with van der Waals surface area (Å²) in [4.78, 5) is 29.0. The molecule has 0 N–H and O–H groups in total. The highest BCUT2D eigenvalue weighted by Crippen LogP contribution is 2.20. The Bertz CT molecular complexity index is 793. The molecule has 2 aromatic rings. The number of benzene rings is 1. The molecule has 6 nitrogen and oxygen atoms in total. The minimum absolute atomic E-state index is 0.0864. The Morgan fingerprint density at radius 2 is 1.75 bits per heavy atom. The number of amides is 1. The molecule has 1 aromatic heterocycles. The van der Waals surface area contributed by atoms with Gasteiger partial charge in [0.05, 0.1) is 17.2 Å². The molecule has 3 rings (SSSR count). The highest BCUT2D eigenvalue weighted by atomic mass is 16.2. The van der Waals surface area contributed by atoms with Crippen molar-refractivity contribution in [3.8, 4) is 0 Å². The van der Waals surface area contributed by atoms with Crippen molar-refractivity contribution < 1.29 is 4.79 Å². The van der Waals surface area contributed by atoms with E-state index in [1.807, 2.05) is 29.3 Å². The van der Waals surface area contributed by atoms with Crippen LogP contribution in [0.1, 0.15) is 50.9 Å². The lowest BCUT2D eigenvalue weighted by atomic mass is 10.1. The SMILES string of the molecule is CCCN(CCC)C(=O)c1ccc2ncc(N3CCN(C(C)C)CC3)nc2c1. The van der Waals surface area contributed by atoms with Gasteiger partial charge in [0.2, 0.25) is 0 Å². The van der Waals surface area contributed by atoms with E-state index in [9.17, 15) is 4.79 Å². The van der Waals surface area contributed by atoms with Crippen molar-refractivity contribution in [1.29, 1.82) is 0 Å². The van der Waals surface area contributed by atoms with Crippen LogP contribution in [0.15, 0.2) is 24.4 Å². The van der Waals surface area contributed by atoms with Crippen LogP contribution in [0.5, 0.6) is 0 Å². The molecule has 0 radical (unpaired) electrons. The minimum atomic E-state index is 0.0864. The summed E-state index contributed by atoms with van der Waals surface area (Å²) in [5.74, 6) is 0.989. The van der Waals surface area contributed by atoms with Crippen LogP contribution in [-0.4, -0.2) is 71.0 Å². The highest BCUT2D eigenvalue weighted by Gasteiger charge is 2.20. The summed E-state index contributed by atoms with van der Waals surface area (Å²) in [7, 11) is 0. The summed E-state index contributed by atoms with van der Waals surface area (Å²) in [6, 6.07) is 6.26. The van der Waals surface area contributed by atoms with Crippen molar-refractivity contribution in [3.63, 3.8) is 0 Å². The zero-order chi connectivity index (χ0) is 20.1. The maximum atomic E-state index is 12.9. The quantitative estimate of drug-likeness (QED) is 0.733. The summed E-state index contributed by atoms with van der Waals surface area (Å²) >= 11 is 0. The van der Waals surface area contributed by atoms with E-state index in [1.54, 1.807) is 0 Å². The summed E-state index contributed by atoms with van der Waals surface area (Å²) < 4.78 is 0. The van der Waals surface area contributed by atoms with Gasteiger partial charge in [-0.2, -0.15) is 0 Å². The number of fused-ring (bicyclic) bond motifs is 1. The van der Waals surface area contributed by atoms with Gasteiger partial charge in [0, 0.05) is 50.9 Å². The third kappa shape index (κ3) is 4.61. The standard InChI is InChI=1S/C22H33N5O/c1-5-9-27(10-6-2)22(28)18-7-8-19-20(15-18)24-21(16-23-19)26-13-11-25(12-14-26)17(3)4/h7-8,15-17H,5-6,9-14H2,1-4H3. The summed E-state index contributed by atoms with van der Waals surface area (Å²) in [6.45, 7) is 14.3. The van der Waals surface area contributed by atoms with E-state index >= 15 is 0 Å². The minimum Gasteiger partial charge on any atom is -0.353 e. The Balaban J connectivity index is 1.80. The van der Waals surface area contributed by atoms with Crippen LogP contribution in [-0.2, 0) is 0 Å². The lowest BCUT2D eigenvalue weighted by molar-refractivity contribution is 0.0755. The molecule has 1 aliphatic heterocycles. The van der Waals surface area contributed by atoms with Crippen LogP contribution in [0, 0.1) is 0 Å². The topological polar surface area (TPSA) is 52.6 Å². The molecule has 0 saturated carbocycles. The Kier molecular flexibility index (Phi) is 6.83. The van der Waals surface area contributed by atoms with E-state index in [-0.39, 0.29) is 5.91 Å². The number of piperazine rings is 1. The first kappa shape index (κ1) is 20.5. The van der Waals surface area contributed by atoms with E-state index in [2.05, 4.69) is 42.5 Å². The molecule has 1 fully saturated rings. The van der Waals surface area contributed by atoms with Gasteiger partial charge in [-0.3, -0.25) is 14.7 Å². The van der Waals surface area contributed by atoms with Gasteiger partial charge in [-0.15, -0.1) is 0 Å². The van der Waals surface area contributed by atoms with Gasteiger partial charge in [0.25, 0.3) is 5.91 Å². The van der Waals surface area contributed by atoms with Crippen LogP contribution in [0.25, 0.3) is 11.0 Å². The number of hydrogen-bond acceptors (Lipinski definition) is 5. The lowest BCUT2D eigenvalue weighted by Gasteiger charge is -2.37. The van der Waals surface area contributed by atoms with Crippen molar-refractivity contribution in [1.82, 2.24) is 19.8 Å². The molecule has 0 bridgehead atoms. The second-order valence-electron chi connectivity index (χ2n) is 7.84. The average molecular weight is 384 g/mol. The van der Waals surface area contributed by atoms with Crippen molar-refractivity contribution in [3.05, 3.63) is 30.0 Å². The van der Waals surface area contributed by atoms with E-state index in [0.29, 0.717) is 11.6 Å². The number of carbonyl (C=O) groups excluding carboxylic acids is 1. The van der Waals surface area contributed by atoms with Crippen LogP contribution in [0.3, 0.4) is 0 Å². The Morgan fingerprint density at radius 1 is 1.07 bits per heavy atom. The first-order chi connectivity index (χ1) is 13.5. The third-order valence-electron chi connectivity index (χ3n) is 5.42. The summed E-state index contributed by atoms with van der Waals surface area (Å²) in [5, 5.41) is 0. The first-order valence-electron chi connectivity index (χ1n) is 10.6. The molecule has 0 aliphatic carbocycles. The monoisotopic (exact) mass is 383 g/mol. The molecule has 1 aromatic carbocycles. The summed E-state index contributed by atoms with van der Waals surface area (Å²) in [5.41, 5.74) is 2.33. The number of aromatic nitrogens is 2. The fourth-order valence-corrected chi connectivity index (χ4v) is 3.79. The molecular formula is C22H33N5O. The third-order valence-corrected chi connectivity index (χ3v) is 5.42. The fourth-order valence-electron chi connectivity index (χ4n) is 3.79. The van der Waals surface area contributed by atoms with Crippen LogP contribution < -0.4 is 4.90 Å². The predicted molar refractivity (Wildman–Crippen MR) is 115 cm³/mol. The van der Waals surface area contributed by atoms with Crippen LogP contribution >= 0.6 is 0 Å². The lowest BCUT2D eigenvalue weighted by Crippen LogP contribution is -2.49. The Morgan fingerprint density at radius 3 is 2.36 bits per heavy atom. The van der Waals surface area contributed by atoms with E-state index < -0.39 is 0 Å². The number of nitrogens with zero attached hydrogens (tertiary/aromatic N) is 5. The predicted octanol–water partition coefficient (Wildman–Crippen LogP) is 3.42. The van der Waals surface area contributed by atoms with E-state index in [0.717, 1.165) is 69.0 Å². The smallest absolute Gasteiger partial charge is 0.253 e. The molecule has 28 heavy (non-hydrogen) atoms. The molecular weight excluding hydrogens is 350 g/mol. The van der Waals surface area contributed by atoms with Gasteiger partial charge >= 0.3 is 0 Å². The van der Waals surface area contributed by atoms with Gasteiger partial charge in [-0.25, -0.2) is 4.98 Å². The Hall–Kier alpha value is -2.21. The number of carbonyl (C=O) groups is 1. The van der Waals surface area contributed by atoms with Crippen LogP contribution in [0.4, 0.5) is 5.82 Å². The molecule has 0 atom stereocenters. The fraction of sp³-hybridized carbons (Fsp3) is 0.591. The molecule has 1 saturated heterocycles. The largest absolute Gasteiger partial charge is 0.353 e. The molecule has 0 spiro atoms. The number of rotatable bonds is 7. The molecule has 6 heteroatoms. The average Bonchev–Trinajstić information content (AvgIpc) is 2.72. The van der Waals surface area contributed by atoms with Gasteiger partial charge < -0.3 is 9.80 Å². The highest BCUT2D eigenvalue weighted by molar-refractivity contribution is 5.97. The van der Waals surface area contributed by atoms with Crippen molar-refractivity contribution in [2.75, 3.05) is 44.2 Å². The van der Waals surface area contributed by atoms with Crippen molar-refractivity contribution >= 4 is 22.8 Å². The van der Waals surface area contributed by atoms with Gasteiger partial charge in [0.1, 0.15) is 5.82 Å². The van der Waals surface area contributed by atoms with Gasteiger partial charge in [-0.05, 0) is 44.9 Å². The molecule has 1 aliphatic rings. The number of hydrogen-bond donors (Lipinski definition) is 0. The molecule has 152 valence electrons. The zero-order valence-corrected chi connectivity index (χ0v) is 17.7. The van der Waals surface area contributed by atoms with Crippen molar-refractivity contribution in [2.45, 2.75) is 46.6 Å². The first-order valence-corrected chi connectivity index (χ1v) is 10.6. The Labute approximate surface area is 168 Å². The number of anilines is 1. The van der Waals surface area contributed by atoms with Crippen molar-refractivity contribution in [2.24, 2.45) is 0 Å². The molecule has 0 unspecified atom stereocenters. The van der Waals surface area contributed by atoms with E-state index in [4.69, 9.17) is 4.98 Å². The second-order valence-corrected chi connectivity index (χ2v) is 7.84. The molecule has 2 heterocycles. The zero-order valence-electron chi connectivity index (χ0n) is 17.7. The normalized spacial score (nSPS) is 15.4. The van der Waals surface area contributed by atoms with E-state index in [1.165, 1.54) is 0 Å². The summed E-state index contributed by atoms with van der Waals surface area (Å²) in [6.07, 6.45) is 3.78. The second kappa shape index (κ2) is 9.32. The molecule has 1 amide bonds. The maximum absolute atomic E-state index is 12.9. The van der Waals surface area contributed by atoms with Gasteiger partial charge in [-0.1, -0.05) is 13.8 Å². The maximum Gasteiger partial charge on any atom is 0.253 e. The van der Waals surface area contributed by atoms with Gasteiger partial charge in [0.15, 0.2) is 0 Å².